The molecule has 0 radical (unpaired) electrons. The van der Waals surface area contributed by atoms with Gasteiger partial charge in [-0.1, -0.05) is 36.7 Å². The average molecular weight is 393 g/mol. The van der Waals surface area contributed by atoms with Crippen LogP contribution in [0.1, 0.15) is 49.7 Å². The molecule has 0 bridgehead atoms. The normalized spacial score (nSPS) is 19.0. The number of aromatic nitrogens is 3. The van der Waals surface area contributed by atoms with Gasteiger partial charge in [0.1, 0.15) is 0 Å². The van der Waals surface area contributed by atoms with E-state index in [2.05, 4.69) is 52.5 Å². The van der Waals surface area contributed by atoms with Gasteiger partial charge < -0.3 is 4.90 Å². The Bertz CT molecular complexity index is 993. The molecule has 0 atom stereocenters. The molecule has 3 heterocycles. The first kappa shape index (κ1) is 18.0. The Morgan fingerprint density at radius 3 is 2.54 bits per heavy atom. The Hall–Kier alpha value is -2.01. The number of hydrogen-bond acceptors (Lipinski definition) is 4. The van der Waals surface area contributed by atoms with Crippen LogP contribution in [0.25, 0.3) is 5.65 Å². The molecule has 1 saturated heterocycles. The van der Waals surface area contributed by atoms with Gasteiger partial charge in [-0.2, -0.15) is 0 Å². The van der Waals surface area contributed by atoms with Crippen molar-refractivity contribution in [2.24, 2.45) is 5.41 Å². The summed E-state index contributed by atoms with van der Waals surface area (Å²) in [5.74, 6) is 1.05. The Kier molecular flexibility index (Phi) is 4.58. The molecule has 1 spiro atoms. The number of aryl methyl sites for hydroxylation is 1. The topological polar surface area (TPSA) is 33.4 Å². The number of anilines is 1. The summed E-state index contributed by atoms with van der Waals surface area (Å²) in [5, 5.41) is 0. The zero-order valence-electron chi connectivity index (χ0n) is 16.8. The molecule has 1 aliphatic heterocycles. The van der Waals surface area contributed by atoms with Gasteiger partial charge in [-0.15, -0.1) is 0 Å². The van der Waals surface area contributed by atoms with Crippen molar-refractivity contribution < 1.29 is 0 Å². The minimum absolute atomic E-state index is 0.628. The maximum atomic E-state index is 4.89. The lowest BCUT2D eigenvalue weighted by atomic mass is 9.77. The summed E-state index contributed by atoms with van der Waals surface area (Å²) in [6.45, 7) is 6.58. The van der Waals surface area contributed by atoms with E-state index in [9.17, 15) is 0 Å². The molecule has 1 aromatic carbocycles. The second-order valence-corrected chi connectivity index (χ2v) is 9.62. The first-order chi connectivity index (χ1) is 13.7. The van der Waals surface area contributed by atoms with Gasteiger partial charge in [0.25, 0.3) is 0 Å². The van der Waals surface area contributed by atoms with Crippen molar-refractivity contribution in [2.45, 2.75) is 62.2 Å². The summed E-state index contributed by atoms with van der Waals surface area (Å²) >= 11 is 1.77. The molecule has 146 valence electrons. The third-order valence-electron chi connectivity index (χ3n) is 6.92. The molecule has 4 nitrogen and oxygen atoms in total. The van der Waals surface area contributed by atoms with E-state index in [0.717, 1.165) is 29.6 Å². The summed E-state index contributed by atoms with van der Waals surface area (Å²) in [6, 6.07) is 6.48. The smallest absolute Gasteiger partial charge is 0.211 e. The highest BCUT2D eigenvalue weighted by molar-refractivity contribution is 7.99. The van der Waals surface area contributed by atoms with Crippen molar-refractivity contribution >= 4 is 23.4 Å². The van der Waals surface area contributed by atoms with E-state index in [4.69, 9.17) is 4.98 Å². The number of fused-ring (bicyclic) bond motifs is 1. The van der Waals surface area contributed by atoms with Crippen molar-refractivity contribution in [3.05, 3.63) is 47.9 Å². The van der Waals surface area contributed by atoms with Crippen molar-refractivity contribution in [1.29, 1.82) is 0 Å². The van der Waals surface area contributed by atoms with Crippen LogP contribution in [0, 0.1) is 19.3 Å². The molecule has 2 aromatic heterocycles. The van der Waals surface area contributed by atoms with Crippen LogP contribution in [0.15, 0.2) is 46.6 Å². The van der Waals surface area contributed by atoms with Gasteiger partial charge in [0, 0.05) is 36.6 Å². The minimum Gasteiger partial charge on any atom is -0.342 e. The highest BCUT2D eigenvalue weighted by Gasteiger charge is 2.37. The predicted octanol–water partition coefficient (Wildman–Crippen LogP) is 5.66. The van der Waals surface area contributed by atoms with Crippen LogP contribution < -0.4 is 4.90 Å². The molecule has 2 aliphatic rings. The van der Waals surface area contributed by atoms with E-state index in [0.29, 0.717) is 5.41 Å². The summed E-state index contributed by atoms with van der Waals surface area (Å²) in [4.78, 5) is 14.4. The molecular weight excluding hydrogens is 364 g/mol. The van der Waals surface area contributed by atoms with E-state index in [1.165, 1.54) is 54.5 Å². The standard InChI is InChI=1S/C23H28N4S/c1-17-6-5-7-19(18(17)2)28-20-16-25-22(27-15-12-24-21(20)27)26-13-10-23(11-14-26)8-3-4-9-23/h5-7,12,15-16H,3-4,8-11,13-14H2,1-2H3. The molecule has 5 rings (SSSR count). The van der Waals surface area contributed by atoms with Crippen LogP contribution in [0.5, 0.6) is 0 Å². The van der Waals surface area contributed by atoms with Gasteiger partial charge in [0.05, 0.1) is 4.90 Å². The molecule has 0 unspecified atom stereocenters. The summed E-state index contributed by atoms with van der Waals surface area (Å²) in [5.41, 5.74) is 4.29. The highest BCUT2D eigenvalue weighted by atomic mass is 32.2. The third kappa shape index (κ3) is 3.10. The van der Waals surface area contributed by atoms with E-state index < -0.39 is 0 Å². The predicted molar refractivity (Wildman–Crippen MR) is 115 cm³/mol. The summed E-state index contributed by atoms with van der Waals surface area (Å²) < 4.78 is 2.18. The lowest BCUT2D eigenvalue weighted by Gasteiger charge is -2.39. The van der Waals surface area contributed by atoms with E-state index in [-0.39, 0.29) is 0 Å². The molecule has 1 saturated carbocycles. The molecule has 3 aromatic rings. The van der Waals surface area contributed by atoms with Crippen molar-refractivity contribution in [2.75, 3.05) is 18.0 Å². The number of piperidine rings is 1. The van der Waals surface area contributed by atoms with Crippen molar-refractivity contribution in [3.63, 3.8) is 0 Å². The summed E-state index contributed by atoms with van der Waals surface area (Å²) in [7, 11) is 0. The van der Waals surface area contributed by atoms with E-state index >= 15 is 0 Å². The molecule has 0 amide bonds. The maximum absolute atomic E-state index is 4.89. The Morgan fingerprint density at radius 1 is 0.964 bits per heavy atom. The van der Waals surface area contributed by atoms with Gasteiger partial charge in [0.2, 0.25) is 5.95 Å². The first-order valence-corrected chi connectivity index (χ1v) is 11.3. The van der Waals surface area contributed by atoms with Crippen LogP contribution in [0.4, 0.5) is 5.95 Å². The molecule has 5 heteroatoms. The molecular formula is C23H28N4S. The molecule has 2 fully saturated rings. The lowest BCUT2D eigenvalue weighted by molar-refractivity contribution is 0.225. The van der Waals surface area contributed by atoms with Gasteiger partial charge >= 0.3 is 0 Å². The van der Waals surface area contributed by atoms with Gasteiger partial charge in [-0.25, -0.2) is 9.97 Å². The number of imidazole rings is 1. The second-order valence-electron chi connectivity index (χ2n) is 8.54. The fourth-order valence-electron chi connectivity index (χ4n) is 4.95. The number of nitrogens with zero attached hydrogens (tertiary/aromatic N) is 4. The minimum atomic E-state index is 0.628. The van der Waals surface area contributed by atoms with Crippen LogP contribution in [0.3, 0.4) is 0 Å². The zero-order valence-corrected chi connectivity index (χ0v) is 17.6. The third-order valence-corrected chi connectivity index (χ3v) is 8.09. The van der Waals surface area contributed by atoms with Crippen molar-refractivity contribution in [3.8, 4) is 0 Å². The fraction of sp³-hybridized carbons (Fsp3) is 0.478. The average Bonchev–Trinajstić information content (AvgIpc) is 3.37. The Balaban J connectivity index is 1.43. The van der Waals surface area contributed by atoms with Crippen LogP contribution in [-0.4, -0.2) is 27.5 Å². The van der Waals surface area contributed by atoms with Gasteiger partial charge in [0.15, 0.2) is 5.65 Å². The molecule has 1 aliphatic carbocycles. The highest BCUT2D eigenvalue weighted by Crippen LogP contribution is 2.46. The first-order valence-electron chi connectivity index (χ1n) is 10.5. The number of hydrogen-bond donors (Lipinski definition) is 0. The molecule has 0 N–H and O–H groups in total. The molecule has 28 heavy (non-hydrogen) atoms. The monoisotopic (exact) mass is 392 g/mol. The van der Waals surface area contributed by atoms with Crippen LogP contribution in [0.2, 0.25) is 0 Å². The second kappa shape index (κ2) is 7.11. The zero-order chi connectivity index (χ0) is 19.1. The van der Waals surface area contributed by atoms with Crippen LogP contribution >= 0.6 is 11.8 Å². The Labute approximate surface area is 171 Å². The fourth-order valence-corrected chi connectivity index (χ4v) is 5.99. The lowest BCUT2D eigenvalue weighted by Crippen LogP contribution is -2.40. The largest absolute Gasteiger partial charge is 0.342 e. The number of benzene rings is 1. The quantitative estimate of drug-likeness (QED) is 0.576. The van der Waals surface area contributed by atoms with Crippen molar-refractivity contribution in [1.82, 2.24) is 14.4 Å². The van der Waals surface area contributed by atoms with E-state index in [1.807, 2.05) is 12.4 Å². The van der Waals surface area contributed by atoms with Gasteiger partial charge in [-0.3, -0.25) is 4.40 Å². The number of rotatable bonds is 3. The maximum Gasteiger partial charge on any atom is 0.211 e. The van der Waals surface area contributed by atoms with Gasteiger partial charge in [-0.05, 0) is 62.1 Å². The summed E-state index contributed by atoms with van der Waals surface area (Å²) in [6.07, 6.45) is 14.3. The Morgan fingerprint density at radius 2 is 1.75 bits per heavy atom. The van der Waals surface area contributed by atoms with E-state index in [1.54, 1.807) is 11.8 Å². The van der Waals surface area contributed by atoms with Crippen LogP contribution in [-0.2, 0) is 0 Å². The SMILES string of the molecule is Cc1cccc(Sc2cnc(N3CCC4(CCCC4)CC3)n3ccnc23)c1C.